The number of hydrogen-bond donors (Lipinski definition) is 0. The van der Waals surface area contributed by atoms with Crippen LogP contribution in [-0.2, 0) is 9.84 Å². The zero-order chi connectivity index (χ0) is 13.9. The van der Waals surface area contributed by atoms with Crippen LogP contribution in [0.2, 0.25) is 0 Å². The topological polar surface area (TPSA) is 51.2 Å². The molecule has 1 aliphatic carbocycles. The molecule has 0 aliphatic heterocycles. The van der Waals surface area contributed by atoms with Crippen molar-refractivity contribution in [1.82, 2.24) is 0 Å². The fraction of sp³-hybridized carbons (Fsp3) is 0.500. The highest BCUT2D eigenvalue weighted by molar-refractivity contribution is 7.92. The molecule has 0 bridgehead atoms. The molecule has 0 aromatic heterocycles. The van der Waals surface area contributed by atoms with Gasteiger partial charge >= 0.3 is 0 Å². The Hall–Kier alpha value is -1.23. The van der Waals surface area contributed by atoms with Gasteiger partial charge in [-0.05, 0) is 25.0 Å². The van der Waals surface area contributed by atoms with Crippen molar-refractivity contribution in [3.63, 3.8) is 0 Å². The van der Waals surface area contributed by atoms with Crippen LogP contribution in [0.15, 0.2) is 24.3 Å². The van der Waals surface area contributed by atoms with Gasteiger partial charge in [0.1, 0.15) is 11.6 Å². The molecule has 1 saturated carbocycles. The second-order valence-electron chi connectivity index (χ2n) is 4.97. The van der Waals surface area contributed by atoms with Crippen molar-refractivity contribution in [1.29, 1.82) is 0 Å². The highest BCUT2D eigenvalue weighted by Crippen LogP contribution is 2.24. The summed E-state index contributed by atoms with van der Waals surface area (Å²) in [7, 11) is -3.46. The van der Waals surface area contributed by atoms with E-state index in [1.807, 2.05) is 0 Å². The van der Waals surface area contributed by atoms with E-state index in [4.69, 9.17) is 0 Å². The molecule has 1 aromatic carbocycles. The smallest absolute Gasteiger partial charge is 0.180 e. The van der Waals surface area contributed by atoms with Crippen molar-refractivity contribution in [2.45, 2.75) is 37.4 Å². The van der Waals surface area contributed by atoms with E-state index in [0.29, 0.717) is 12.8 Å². The molecule has 3 nitrogen and oxygen atoms in total. The van der Waals surface area contributed by atoms with Crippen molar-refractivity contribution in [3.8, 4) is 0 Å². The lowest BCUT2D eigenvalue weighted by Gasteiger charge is -2.21. The molecule has 5 heteroatoms. The van der Waals surface area contributed by atoms with Crippen LogP contribution in [0.3, 0.4) is 0 Å². The molecule has 0 unspecified atom stereocenters. The Morgan fingerprint density at radius 1 is 1.16 bits per heavy atom. The number of halogens is 1. The van der Waals surface area contributed by atoms with Gasteiger partial charge in [0.05, 0.1) is 10.8 Å². The van der Waals surface area contributed by atoms with Crippen LogP contribution in [0.5, 0.6) is 0 Å². The molecule has 1 fully saturated rings. The second-order valence-corrected chi connectivity index (χ2v) is 7.25. The minimum absolute atomic E-state index is 0.137. The standard InChI is InChI=1S/C14H17FO3S/c15-13-9-5-4-8-12(13)14(16)10-19(17,18)11-6-2-1-3-7-11/h4-5,8-9,11H,1-3,6-7,10H2. The van der Waals surface area contributed by atoms with E-state index < -0.39 is 32.4 Å². The van der Waals surface area contributed by atoms with Crippen molar-refractivity contribution < 1.29 is 17.6 Å². The van der Waals surface area contributed by atoms with Gasteiger partial charge in [-0.25, -0.2) is 12.8 Å². The van der Waals surface area contributed by atoms with E-state index in [2.05, 4.69) is 0 Å². The molecular formula is C14H17FO3S. The fourth-order valence-electron chi connectivity index (χ4n) is 2.49. The largest absolute Gasteiger partial charge is 0.293 e. The molecule has 1 aliphatic rings. The highest BCUT2D eigenvalue weighted by Gasteiger charge is 2.30. The van der Waals surface area contributed by atoms with Crippen LogP contribution in [0, 0.1) is 5.82 Å². The van der Waals surface area contributed by atoms with E-state index in [0.717, 1.165) is 19.3 Å². The number of benzene rings is 1. The zero-order valence-corrected chi connectivity index (χ0v) is 11.5. The van der Waals surface area contributed by atoms with Gasteiger partial charge in [-0.2, -0.15) is 0 Å². The first-order valence-electron chi connectivity index (χ1n) is 6.50. The molecule has 0 radical (unpaired) electrons. The number of carbonyl (C=O) groups excluding carboxylic acids is 1. The lowest BCUT2D eigenvalue weighted by atomic mass is 10.0. The Morgan fingerprint density at radius 3 is 2.42 bits per heavy atom. The molecule has 1 aromatic rings. The van der Waals surface area contributed by atoms with Gasteiger partial charge in [-0.15, -0.1) is 0 Å². The Balaban J connectivity index is 2.12. The van der Waals surface area contributed by atoms with Gasteiger partial charge in [0, 0.05) is 0 Å². The molecule has 2 rings (SSSR count). The number of sulfone groups is 1. The van der Waals surface area contributed by atoms with E-state index in [9.17, 15) is 17.6 Å². The minimum atomic E-state index is -3.46. The van der Waals surface area contributed by atoms with Gasteiger partial charge in [0.25, 0.3) is 0 Å². The van der Waals surface area contributed by atoms with Crippen LogP contribution < -0.4 is 0 Å². The maximum absolute atomic E-state index is 13.4. The van der Waals surface area contributed by atoms with Crippen LogP contribution in [0.1, 0.15) is 42.5 Å². The molecule has 0 saturated heterocycles. The molecule has 0 atom stereocenters. The number of Topliss-reactive ketones (excluding diaryl/α,β-unsaturated/α-hetero) is 1. The summed E-state index contributed by atoms with van der Waals surface area (Å²) in [6.45, 7) is 0. The van der Waals surface area contributed by atoms with Gasteiger partial charge in [-0.3, -0.25) is 4.79 Å². The van der Waals surface area contributed by atoms with Gasteiger partial charge < -0.3 is 0 Å². The lowest BCUT2D eigenvalue weighted by Crippen LogP contribution is -2.30. The van der Waals surface area contributed by atoms with Gasteiger partial charge in [0.2, 0.25) is 0 Å². The number of carbonyl (C=O) groups is 1. The van der Waals surface area contributed by atoms with Crippen molar-refractivity contribution in [2.24, 2.45) is 0 Å². The van der Waals surface area contributed by atoms with E-state index in [-0.39, 0.29) is 5.56 Å². The molecule has 0 N–H and O–H groups in total. The van der Waals surface area contributed by atoms with Gasteiger partial charge in [-0.1, -0.05) is 31.4 Å². The Morgan fingerprint density at radius 2 is 1.79 bits per heavy atom. The van der Waals surface area contributed by atoms with Crippen LogP contribution in [0.4, 0.5) is 4.39 Å². The first-order valence-corrected chi connectivity index (χ1v) is 8.21. The molecule has 19 heavy (non-hydrogen) atoms. The highest BCUT2D eigenvalue weighted by atomic mass is 32.2. The average molecular weight is 284 g/mol. The summed E-state index contributed by atoms with van der Waals surface area (Å²) in [5.41, 5.74) is -0.137. The number of rotatable bonds is 4. The summed E-state index contributed by atoms with van der Waals surface area (Å²) >= 11 is 0. The normalized spacial score (nSPS) is 17.3. The monoisotopic (exact) mass is 284 g/mol. The van der Waals surface area contributed by atoms with Gasteiger partial charge in [0.15, 0.2) is 15.6 Å². The molecule has 0 spiro atoms. The first kappa shape index (κ1) is 14.2. The molecule has 0 heterocycles. The maximum atomic E-state index is 13.4. The predicted molar refractivity (Wildman–Crippen MR) is 71.4 cm³/mol. The SMILES string of the molecule is O=C(CS(=O)(=O)C1CCCCC1)c1ccccc1F. The minimum Gasteiger partial charge on any atom is -0.293 e. The summed E-state index contributed by atoms with van der Waals surface area (Å²) in [5, 5.41) is -0.433. The van der Waals surface area contributed by atoms with Crippen LogP contribution in [-0.4, -0.2) is 25.2 Å². The molecule has 104 valence electrons. The van der Waals surface area contributed by atoms with Crippen molar-refractivity contribution >= 4 is 15.6 Å². The molecular weight excluding hydrogens is 267 g/mol. The van der Waals surface area contributed by atoms with E-state index in [1.54, 1.807) is 0 Å². The average Bonchev–Trinajstić information content (AvgIpc) is 2.39. The number of ketones is 1. The Kier molecular flexibility index (Phi) is 4.34. The predicted octanol–water partition coefficient (Wildman–Crippen LogP) is 2.76. The molecule has 0 amide bonds. The number of hydrogen-bond acceptors (Lipinski definition) is 3. The Bertz CT molecular complexity index is 560. The summed E-state index contributed by atoms with van der Waals surface area (Å²) < 4.78 is 37.7. The summed E-state index contributed by atoms with van der Waals surface area (Å²) in [5.74, 6) is -1.89. The quantitative estimate of drug-likeness (QED) is 0.799. The third-order valence-corrected chi connectivity index (χ3v) is 5.72. The van der Waals surface area contributed by atoms with Crippen LogP contribution >= 0.6 is 0 Å². The fourth-order valence-corrected chi connectivity index (χ4v) is 4.30. The maximum Gasteiger partial charge on any atom is 0.180 e. The first-order chi connectivity index (χ1) is 9.00. The zero-order valence-electron chi connectivity index (χ0n) is 10.6. The van der Waals surface area contributed by atoms with Crippen molar-refractivity contribution in [2.75, 3.05) is 5.75 Å². The Labute approximate surface area is 112 Å². The third-order valence-electron chi connectivity index (χ3n) is 3.57. The summed E-state index contributed by atoms with van der Waals surface area (Å²) in [6, 6.07) is 5.50. The summed E-state index contributed by atoms with van der Waals surface area (Å²) in [4.78, 5) is 11.9. The third kappa shape index (κ3) is 3.41. The van der Waals surface area contributed by atoms with E-state index >= 15 is 0 Å². The van der Waals surface area contributed by atoms with E-state index in [1.165, 1.54) is 24.3 Å². The van der Waals surface area contributed by atoms with Crippen molar-refractivity contribution in [3.05, 3.63) is 35.6 Å². The van der Waals surface area contributed by atoms with Crippen LogP contribution in [0.25, 0.3) is 0 Å². The summed E-state index contributed by atoms with van der Waals surface area (Å²) in [6.07, 6.45) is 4.06. The lowest BCUT2D eigenvalue weighted by molar-refractivity contribution is 0.101. The second kappa shape index (κ2) is 5.82.